The van der Waals surface area contributed by atoms with Gasteiger partial charge in [0.15, 0.2) is 17.1 Å². The Morgan fingerprint density at radius 1 is 1.09 bits per heavy atom. The Hall–Kier alpha value is -3.39. The number of hydrogen-bond acceptors (Lipinski definition) is 6. The highest BCUT2D eigenvalue weighted by Gasteiger charge is 2.27. The van der Waals surface area contributed by atoms with Crippen molar-refractivity contribution in [2.45, 2.75) is 39.8 Å². The molecule has 5 rings (SSSR count). The van der Waals surface area contributed by atoms with Gasteiger partial charge in [0.05, 0.1) is 41.9 Å². The third-order valence-electron chi connectivity index (χ3n) is 6.28. The molecule has 0 spiro atoms. The topological polar surface area (TPSA) is 69.5 Å². The monoisotopic (exact) mass is 476 g/mol. The van der Waals surface area contributed by atoms with Crippen molar-refractivity contribution in [1.82, 2.24) is 19.7 Å². The highest BCUT2D eigenvalue weighted by atomic mass is 32.1. The maximum Gasteiger partial charge on any atom is 0.255 e. The molecule has 1 amide bonds. The van der Waals surface area contributed by atoms with Gasteiger partial charge < -0.3 is 14.4 Å². The molecule has 4 heterocycles. The van der Waals surface area contributed by atoms with E-state index in [2.05, 4.69) is 38.0 Å². The lowest BCUT2D eigenvalue weighted by Gasteiger charge is -2.30. The van der Waals surface area contributed by atoms with E-state index in [-0.39, 0.29) is 11.9 Å². The summed E-state index contributed by atoms with van der Waals surface area (Å²) in [7, 11) is 3.27. The SMILES string of the molecule is COc1cc2c(cc1OC)CN(C(=O)c1cc(-c3ccc(C)s3)nc3c1cnn3C(C)C)CC2. The molecule has 0 saturated heterocycles. The number of nitrogens with zero attached hydrogens (tertiary/aromatic N) is 4. The third kappa shape index (κ3) is 3.81. The van der Waals surface area contributed by atoms with Gasteiger partial charge in [-0.15, -0.1) is 11.3 Å². The summed E-state index contributed by atoms with van der Waals surface area (Å²) in [5.41, 5.74) is 4.45. The van der Waals surface area contributed by atoms with Gasteiger partial charge in [-0.05, 0) is 68.7 Å². The summed E-state index contributed by atoms with van der Waals surface area (Å²) in [6.45, 7) is 7.37. The second-order valence-electron chi connectivity index (χ2n) is 8.84. The van der Waals surface area contributed by atoms with Crippen molar-refractivity contribution in [2.75, 3.05) is 20.8 Å². The Balaban J connectivity index is 1.57. The molecule has 1 aromatic carbocycles. The normalized spacial score (nSPS) is 13.4. The third-order valence-corrected chi connectivity index (χ3v) is 7.31. The van der Waals surface area contributed by atoms with Crippen LogP contribution in [0.3, 0.4) is 0 Å². The fourth-order valence-electron chi connectivity index (χ4n) is 4.50. The fourth-order valence-corrected chi connectivity index (χ4v) is 5.33. The van der Waals surface area contributed by atoms with Gasteiger partial charge in [0.25, 0.3) is 5.91 Å². The highest BCUT2D eigenvalue weighted by Crippen LogP contribution is 2.35. The van der Waals surface area contributed by atoms with Crippen LogP contribution in [0.25, 0.3) is 21.6 Å². The number of hydrogen-bond donors (Lipinski definition) is 0. The van der Waals surface area contributed by atoms with Gasteiger partial charge in [-0.2, -0.15) is 5.10 Å². The average molecular weight is 477 g/mol. The molecule has 34 heavy (non-hydrogen) atoms. The molecule has 1 aliphatic heterocycles. The van der Waals surface area contributed by atoms with Crippen LogP contribution < -0.4 is 9.47 Å². The Bertz CT molecular complexity index is 1390. The smallest absolute Gasteiger partial charge is 0.255 e. The molecule has 0 atom stereocenters. The van der Waals surface area contributed by atoms with Gasteiger partial charge in [-0.25, -0.2) is 9.67 Å². The van der Waals surface area contributed by atoms with Crippen LogP contribution in [-0.2, 0) is 13.0 Å². The molecular weight excluding hydrogens is 448 g/mol. The van der Waals surface area contributed by atoms with E-state index in [0.29, 0.717) is 30.2 Å². The van der Waals surface area contributed by atoms with Gasteiger partial charge in [-0.1, -0.05) is 0 Å². The summed E-state index contributed by atoms with van der Waals surface area (Å²) in [4.78, 5) is 22.9. The number of fused-ring (bicyclic) bond motifs is 2. The van der Waals surface area contributed by atoms with Crippen LogP contribution in [0.1, 0.15) is 46.3 Å². The van der Waals surface area contributed by atoms with E-state index in [9.17, 15) is 4.79 Å². The molecule has 0 unspecified atom stereocenters. The van der Waals surface area contributed by atoms with Crippen molar-refractivity contribution in [3.63, 3.8) is 0 Å². The molecule has 0 aliphatic carbocycles. The zero-order chi connectivity index (χ0) is 24.0. The Labute approximate surface area is 202 Å². The number of carbonyl (C=O) groups is 1. The van der Waals surface area contributed by atoms with Gasteiger partial charge >= 0.3 is 0 Å². The van der Waals surface area contributed by atoms with Crippen LogP contribution in [0.5, 0.6) is 11.5 Å². The lowest BCUT2D eigenvalue weighted by Crippen LogP contribution is -2.36. The average Bonchev–Trinajstić information content (AvgIpc) is 3.48. The lowest BCUT2D eigenvalue weighted by molar-refractivity contribution is 0.0736. The number of carbonyl (C=O) groups excluding carboxylic acids is 1. The minimum Gasteiger partial charge on any atom is -0.493 e. The summed E-state index contributed by atoms with van der Waals surface area (Å²) in [5, 5.41) is 5.34. The van der Waals surface area contributed by atoms with Crippen molar-refractivity contribution < 1.29 is 14.3 Å². The van der Waals surface area contributed by atoms with Gasteiger partial charge in [0.2, 0.25) is 0 Å². The van der Waals surface area contributed by atoms with E-state index in [0.717, 1.165) is 33.6 Å². The molecule has 4 aromatic rings. The van der Waals surface area contributed by atoms with Crippen LogP contribution >= 0.6 is 11.3 Å². The molecule has 0 bridgehead atoms. The first-order valence-electron chi connectivity index (χ1n) is 11.4. The predicted octanol–water partition coefficient (Wildman–Crippen LogP) is 5.26. The molecular formula is C26H28N4O3S. The Kier molecular flexibility index (Phi) is 5.77. The van der Waals surface area contributed by atoms with E-state index in [1.807, 2.05) is 27.8 Å². The first kappa shape index (κ1) is 22.4. The van der Waals surface area contributed by atoms with E-state index in [1.165, 1.54) is 10.4 Å². The van der Waals surface area contributed by atoms with Crippen molar-refractivity contribution in [2.24, 2.45) is 0 Å². The number of aromatic nitrogens is 3. The van der Waals surface area contributed by atoms with Gasteiger partial charge in [-0.3, -0.25) is 4.79 Å². The van der Waals surface area contributed by atoms with Crippen LogP contribution in [-0.4, -0.2) is 46.3 Å². The molecule has 3 aromatic heterocycles. The maximum absolute atomic E-state index is 13.9. The van der Waals surface area contributed by atoms with E-state index < -0.39 is 0 Å². The number of methoxy groups -OCH3 is 2. The van der Waals surface area contributed by atoms with Crippen molar-refractivity contribution in [1.29, 1.82) is 0 Å². The van der Waals surface area contributed by atoms with Gasteiger partial charge in [0.1, 0.15) is 0 Å². The van der Waals surface area contributed by atoms with Crippen LogP contribution in [0.2, 0.25) is 0 Å². The summed E-state index contributed by atoms with van der Waals surface area (Å²) < 4.78 is 12.8. The molecule has 0 N–H and O–H groups in total. The summed E-state index contributed by atoms with van der Waals surface area (Å²) in [6, 6.07) is 10.2. The zero-order valence-corrected chi connectivity index (χ0v) is 20.9. The minimum atomic E-state index is -0.00864. The first-order chi connectivity index (χ1) is 16.4. The second-order valence-corrected chi connectivity index (χ2v) is 10.1. The summed E-state index contributed by atoms with van der Waals surface area (Å²) in [6.07, 6.45) is 2.53. The standard InChI is InChI=1S/C26H28N4O3S/c1-15(2)30-25-20(13-27-30)19(12-21(28-25)24-7-6-16(3)34-24)26(31)29-9-8-17-10-22(32-4)23(33-5)11-18(17)14-29/h6-7,10-13,15H,8-9,14H2,1-5H3. The highest BCUT2D eigenvalue weighted by molar-refractivity contribution is 7.15. The lowest BCUT2D eigenvalue weighted by atomic mass is 9.98. The number of amides is 1. The second kappa shape index (κ2) is 8.76. The van der Waals surface area contributed by atoms with Gasteiger partial charge in [0, 0.05) is 24.0 Å². The number of benzene rings is 1. The molecule has 0 radical (unpaired) electrons. The minimum absolute atomic E-state index is 0.00864. The quantitative estimate of drug-likeness (QED) is 0.393. The maximum atomic E-state index is 13.9. The number of rotatable bonds is 5. The van der Waals surface area contributed by atoms with E-state index >= 15 is 0 Å². The van der Waals surface area contributed by atoms with E-state index in [4.69, 9.17) is 14.5 Å². The van der Waals surface area contributed by atoms with Crippen molar-refractivity contribution in [3.05, 3.63) is 58.1 Å². The molecule has 8 heteroatoms. The number of aryl methyl sites for hydroxylation is 1. The number of pyridine rings is 1. The van der Waals surface area contributed by atoms with Crippen LogP contribution in [0, 0.1) is 6.92 Å². The Morgan fingerprint density at radius 3 is 2.47 bits per heavy atom. The predicted molar refractivity (Wildman–Crippen MR) is 134 cm³/mol. The molecule has 7 nitrogen and oxygen atoms in total. The van der Waals surface area contributed by atoms with Crippen molar-refractivity contribution >= 4 is 28.3 Å². The van der Waals surface area contributed by atoms with Crippen molar-refractivity contribution in [3.8, 4) is 22.1 Å². The fraction of sp³-hybridized carbons (Fsp3) is 0.346. The molecule has 0 saturated carbocycles. The van der Waals surface area contributed by atoms with E-state index in [1.54, 1.807) is 31.8 Å². The number of ether oxygens (including phenoxy) is 2. The molecule has 0 fully saturated rings. The summed E-state index contributed by atoms with van der Waals surface area (Å²) >= 11 is 1.68. The first-order valence-corrected chi connectivity index (χ1v) is 12.2. The number of thiophene rings is 1. The van der Waals surface area contributed by atoms with Crippen LogP contribution in [0.4, 0.5) is 0 Å². The summed E-state index contributed by atoms with van der Waals surface area (Å²) in [5.74, 6) is 1.38. The zero-order valence-electron chi connectivity index (χ0n) is 20.1. The molecule has 1 aliphatic rings. The molecule has 176 valence electrons. The van der Waals surface area contributed by atoms with Crippen LogP contribution in [0.15, 0.2) is 36.5 Å². The largest absolute Gasteiger partial charge is 0.493 e. The Morgan fingerprint density at radius 2 is 1.82 bits per heavy atom.